The van der Waals surface area contributed by atoms with E-state index in [1.54, 1.807) is 42.5 Å². The molecule has 0 spiro atoms. The van der Waals surface area contributed by atoms with E-state index in [0.29, 0.717) is 27.1 Å². The second-order valence-corrected chi connectivity index (χ2v) is 4.67. The molecule has 0 aliphatic heterocycles. The van der Waals surface area contributed by atoms with Gasteiger partial charge >= 0.3 is 0 Å². The fourth-order valence-corrected chi connectivity index (χ4v) is 2.06. The van der Waals surface area contributed by atoms with Gasteiger partial charge in [-0.3, -0.25) is 4.79 Å². The molecule has 0 radical (unpaired) electrons. The first-order chi connectivity index (χ1) is 8.56. The molecule has 0 saturated heterocycles. The third-order valence-corrected chi connectivity index (χ3v) is 3.06. The zero-order valence-electron chi connectivity index (χ0n) is 9.48. The molecular formula is C13H12BrN3O. The molecule has 2 rings (SSSR count). The predicted molar refractivity (Wildman–Crippen MR) is 77.4 cm³/mol. The van der Waals surface area contributed by atoms with E-state index in [0.717, 1.165) is 0 Å². The lowest BCUT2D eigenvalue weighted by Gasteiger charge is -2.07. The van der Waals surface area contributed by atoms with Crippen molar-refractivity contribution in [1.29, 1.82) is 0 Å². The highest BCUT2D eigenvalue weighted by atomic mass is 79.9. The van der Waals surface area contributed by atoms with E-state index in [2.05, 4.69) is 21.2 Å². The Kier molecular flexibility index (Phi) is 3.53. The highest BCUT2D eigenvalue weighted by Gasteiger charge is 2.10. The Labute approximate surface area is 113 Å². The van der Waals surface area contributed by atoms with Crippen molar-refractivity contribution in [3.05, 3.63) is 52.5 Å². The van der Waals surface area contributed by atoms with Crippen LogP contribution >= 0.6 is 15.9 Å². The lowest BCUT2D eigenvalue weighted by Crippen LogP contribution is -2.12. The molecule has 0 heterocycles. The van der Waals surface area contributed by atoms with Crippen molar-refractivity contribution in [3.8, 4) is 0 Å². The van der Waals surface area contributed by atoms with Crippen LogP contribution in [-0.2, 0) is 0 Å². The number of carbonyl (C=O) groups excluding carboxylic acids is 1. The van der Waals surface area contributed by atoms with Gasteiger partial charge in [0.2, 0.25) is 0 Å². The van der Waals surface area contributed by atoms with Gasteiger partial charge in [-0.2, -0.15) is 0 Å². The van der Waals surface area contributed by atoms with Crippen LogP contribution in [0.25, 0.3) is 0 Å². The number of nitrogens with two attached hydrogens (primary N) is 2. The van der Waals surface area contributed by atoms with Crippen molar-refractivity contribution < 1.29 is 4.79 Å². The molecule has 0 aliphatic carbocycles. The minimum absolute atomic E-state index is 0.202. The standard InChI is InChI=1S/C13H12BrN3O/c14-12-7-9(16)3-6-11(12)13(18)17-10-4-1-8(15)2-5-10/h1-7H,15-16H2,(H,17,18). The number of hydrogen-bond donors (Lipinski definition) is 3. The van der Waals surface area contributed by atoms with E-state index < -0.39 is 0 Å². The number of halogens is 1. The number of benzene rings is 2. The predicted octanol–water partition coefficient (Wildman–Crippen LogP) is 2.87. The smallest absolute Gasteiger partial charge is 0.256 e. The van der Waals surface area contributed by atoms with E-state index in [-0.39, 0.29) is 5.91 Å². The maximum Gasteiger partial charge on any atom is 0.256 e. The van der Waals surface area contributed by atoms with Gasteiger partial charge in [0, 0.05) is 21.5 Å². The molecule has 18 heavy (non-hydrogen) atoms. The lowest BCUT2D eigenvalue weighted by molar-refractivity contribution is 0.102. The molecule has 92 valence electrons. The first-order valence-electron chi connectivity index (χ1n) is 5.28. The van der Waals surface area contributed by atoms with Gasteiger partial charge in [-0.25, -0.2) is 0 Å². The quantitative estimate of drug-likeness (QED) is 0.746. The van der Waals surface area contributed by atoms with E-state index >= 15 is 0 Å². The summed E-state index contributed by atoms with van der Waals surface area (Å²) >= 11 is 3.31. The summed E-state index contributed by atoms with van der Waals surface area (Å²) in [6.45, 7) is 0. The second kappa shape index (κ2) is 5.10. The second-order valence-electron chi connectivity index (χ2n) is 3.82. The van der Waals surface area contributed by atoms with Crippen LogP contribution in [0.5, 0.6) is 0 Å². The van der Waals surface area contributed by atoms with Gasteiger partial charge in [-0.15, -0.1) is 0 Å². The monoisotopic (exact) mass is 305 g/mol. The fraction of sp³-hybridized carbons (Fsp3) is 0. The molecule has 0 aromatic heterocycles. The maximum atomic E-state index is 12.0. The molecule has 0 bridgehead atoms. The van der Waals surface area contributed by atoms with Crippen LogP contribution < -0.4 is 16.8 Å². The first kappa shape index (κ1) is 12.4. The topological polar surface area (TPSA) is 81.1 Å². The van der Waals surface area contributed by atoms with E-state index in [1.807, 2.05) is 0 Å². The summed E-state index contributed by atoms with van der Waals surface area (Å²) in [5, 5.41) is 2.78. The maximum absolute atomic E-state index is 12.0. The van der Waals surface area contributed by atoms with Gasteiger partial charge in [-0.05, 0) is 58.4 Å². The van der Waals surface area contributed by atoms with Crippen LogP contribution in [0, 0.1) is 0 Å². The molecular weight excluding hydrogens is 294 g/mol. The zero-order valence-corrected chi connectivity index (χ0v) is 11.1. The average Bonchev–Trinajstić information content (AvgIpc) is 2.32. The van der Waals surface area contributed by atoms with Gasteiger partial charge < -0.3 is 16.8 Å². The van der Waals surface area contributed by atoms with E-state index in [1.165, 1.54) is 0 Å². The van der Waals surface area contributed by atoms with Crippen molar-refractivity contribution >= 4 is 38.9 Å². The van der Waals surface area contributed by atoms with Gasteiger partial charge in [0.25, 0.3) is 5.91 Å². The molecule has 4 nitrogen and oxygen atoms in total. The molecule has 2 aromatic rings. The molecule has 0 aliphatic rings. The third kappa shape index (κ3) is 2.81. The van der Waals surface area contributed by atoms with Gasteiger partial charge in [0.1, 0.15) is 0 Å². The molecule has 0 unspecified atom stereocenters. The summed E-state index contributed by atoms with van der Waals surface area (Å²) in [4.78, 5) is 12.0. The minimum atomic E-state index is -0.202. The number of nitrogen functional groups attached to an aromatic ring is 2. The van der Waals surface area contributed by atoms with Crippen molar-refractivity contribution in [2.75, 3.05) is 16.8 Å². The Morgan fingerprint density at radius 1 is 1.00 bits per heavy atom. The number of amides is 1. The third-order valence-electron chi connectivity index (χ3n) is 2.41. The number of anilines is 3. The zero-order chi connectivity index (χ0) is 13.1. The molecule has 1 amide bonds. The number of nitrogens with one attached hydrogen (secondary N) is 1. The van der Waals surface area contributed by atoms with Gasteiger partial charge in [-0.1, -0.05) is 0 Å². The SMILES string of the molecule is Nc1ccc(NC(=O)c2ccc(N)cc2Br)cc1. The van der Waals surface area contributed by atoms with Crippen LogP contribution in [0.3, 0.4) is 0 Å². The van der Waals surface area contributed by atoms with Crippen LogP contribution in [0.4, 0.5) is 17.1 Å². The normalized spacial score (nSPS) is 10.1. The highest BCUT2D eigenvalue weighted by Crippen LogP contribution is 2.21. The minimum Gasteiger partial charge on any atom is -0.399 e. The van der Waals surface area contributed by atoms with E-state index in [4.69, 9.17) is 11.5 Å². The number of carbonyl (C=O) groups is 1. The average molecular weight is 306 g/mol. The Hall–Kier alpha value is -2.01. The highest BCUT2D eigenvalue weighted by molar-refractivity contribution is 9.10. The molecule has 0 atom stereocenters. The van der Waals surface area contributed by atoms with Crippen LogP contribution in [0.15, 0.2) is 46.9 Å². The molecule has 0 saturated carbocycles. The molecule has 5 N–H and O–H groups in total. The van der Waals surface area contributed by atoms with Crippen molar-refractivity contribution in [1.82, 2.24) is 0 Å². The van der Waals surface area contributed by atoms with Crippen molar-refractivity contribution in [2.24, 2.45) is 0 Å². The van der Waals surface area contributed by atoms with Gasteiger partial charge in [0.05, 0.1) is 5.56 Å². The Balaban J connectivity index is 2.19. The summed E-state index contributed by atoms with van der Waals surface area (Å²) in [6.07, 6.45) is 0. The van der Waals surface area contributed by atoms with Crippen LogP contribution in [0.2, 0.25) is 0 Å². The van der Waals surface area contributed by atoms with E-state index in [9.17, 15) is 4.79 Å². The molecule has 2 aromatic carbocycles. The summed E-state index contributed by atoms with van der Waals surface area (Å²) < 4.78 is 0.662. The largest absolute Gasteiger partial charge is 0.399 e. The van der Waals surface area contributed by atoms with Crippen molar-refractivity contribution in [2.45, 2.75) is 0 Å². The van der Waals surface area contributed by atoms with Gasteiger partial charge in [0.15, 0.2) is 0 Å². The summed E-state index contributed by atoms with van der Waals surface area (Å²) in [7, 11) is 0. The molecule has 0 fully saturated rings. The number of rotatable bonds is 2. The van der Waals surface area contributed by atoms with Crippen molar-refractivity contribution in [3.63, 3.8) is 0 Å². The van der Waals surface area contributed by atoms with Crippen LogP contribution in [-0.4, -0.2) is 5.91 Å². The Morgan fingerprint density at radius 2 is 1.61 bits per heavy atom. The van der Waals surface area contributed by atoms with Crippen LogP contribution in [0.1, 0.15) is 10.4 Å². The fourth-order valence-electron chi connectivity index (χ4n) is 1.48. The number of hydrogen-bond acceptors (Lipinski definition) is 3. The lowest BCUT2D eigenvalue weighted by atomic mass is 10.2. The Morgan fingerprint density at radius 3 is 2.22 bits per heavy atom. The Bertz CT molecular complexity index is 581. The molecule has 5 heteroatoms. The summed E-state index contributed by atoms with van der Waals surface area (Å²) in [5.41, 5.74) is 13.7. The first-order valence-corrected chi connectivity index (χ1v) is 6.07. The summed E-state index contributed by atoms with van der Waals surface area (Å²) in [5.74, 6) is -0.202. The summed E-state index contributed by atoms with van der Waals surface area (Å²) in [6, 6.07) is 12.0.